The summed E-state index contributed by atoms with van der Waals surface area (Å²) in [6.45, 7) is 0. The number of carbonyl (C=O) groups excluding carboxylic acids is 2. The molecule has 2 aromatic carbocycles. The van der Waals surface area contributed by atoms with Gasteiger partial charge >= 0.3 is 11.8 Å². The lowest BCUT2D eigenvalue weighted by molar-refractivity contribution is -0.136. The Kier molecular flexibility index (Phi) is 6.17. The molecule has 8 heteroatoms. The predicted molar refractivity (Wildman–Crippen MR) is 93.8 cm³/mol. The van der Waals surface area contributed by atoms with Crippen LogP contribution in [-0.4, -0.2) is 25.1 Å². The van der Waals surface area contributed by atoms with Gasteiger partial charge < -0.3 is 10.1 Å². The Bertz CT molecular complexity index is 794. The van der Waals surface area contributed by atoms with Crippen molar-refractivity contribution in [3.05, 3.63) is 58.1 Å². The second-order valence-corrected chi connectivity index (χ2v) is 5.36. The third-order valence-electron chi connectivity index (χ3n) is 2.89. The van der Waals surface area contributed by atoms with Crippen LogP contribution in [0.5, 0.6) is 5.75 Å². The number of benzene rings is 2. The molecule has 0 heterocycles. The summed E-state index contributed by atoms with van der Waals surface area (Å²) in [6.07, 6.45) is 1.31. The second-order valence-electron chi connectivity index (χ2n) is 4.52. The van der Waals surface area contributed by atoms with Crippen LogP contribution < -0.4 is 15.5 Å². The highest BCUT2D eigenvalue weighted by molar-refractivity contribution is 6.40. The lowest BCUT2D eigenvalue weighted by Crippen LogP contribution is -2.32. The molecule has 0 aliphatic heterocycles. The predicted octanol–water partition coefficient (Wildman–Crippen LogP) is 3.09. The fraction of sp³-hybridized carbons (Fsp3) is 0.0625. The SMILES string of the molecule is COc1ccccc1NC(=O)C(=O)N/N=C\c1ccc(Cl)cc1Cl. The molecular formula is C16H13Cl2N3O3. The number of hydrogen-bond donors (Lipinski definition) is 2. The molecule has 0 aromatic heterocycles. The number of hydrogen-bond acceptors (Lipinski definition) is 4. The van der Waals surface area contributed by atoms with Gasteiger partial charge in [-0.3, -0.25) is 9.59 Å². The third kappa shape index (κ3) is 4.71. The molecule has 6 nitrogen and oxygen atoms in total. The molecule has 0 unspecified atom stereocenters. The molecule has 0 aliphatic rings. The van der Waals surface area contributed by atoms with Crippen LogP contribution in [0.3, 0.4) is 0 Å². The average molecular weight is 366 g/mol. The van der Waals surface area contributed by atoms with Crippen LogP contribution in [0.2, 0.25) is 10.0 Å². The van der Waals surface area contributed by atoms with Crippen molar-refractivity contribution in [1.29, 1.82) is 0 Å². The summed E-state index contributed by atoms with van der Waals surface area (Å²) in [5.41, 5.74) is 3.04. The number of halogens is 2. The van der Waals surface area contributed by atoms with Crippen molar-refractivity contribution in [3.8, 4) is 5.75 Å². The van der Waals surface area contributed by atoms with E-state index >= 15 is 0 Å². The number of hydrazone groups is 1. The Balaban J connectivity index is 1.96. The molecule has 2 rings (SSSR count). The maximum absolute atomic E-state index is 11.8. The van der Waals surface area contributed by atoms with Gasteiger partial charge in [-0.1, -0.05) is 41.4 Å². The molecule has 0 bridgehead atoms. The van der Waals surface area contributed by atoms with Crippen LogP contribution in [0.25, 0.3) is 0 Å². The molecule has 0 atom stereocenters. The van der Waals surface area contributed by atoms with E-state index in [1.54, 1.807) is 42.5 Å². The van der Waals surface area contributed by atoms with Crippen molar-refractivity contribution in [1.82, 2.24) is 5.43 Å². The summed E-state index contributed by atoms with van der Waals surface area (Å²) in [6, 6.07) is 11.5. The number of carbonyl (C=O) groups is 2. The molecule has 24 heavy (non-hydrogen) atoms. The van der Waals surface area contributed by atoms with Crippen LogP contribution in [0.1, 0.15) is 5.56 Å². The standard InChI is InChI=1S/C16H13Cl2N3O3/c1-24-14-5-3-2-4-13(14)20-15(22)16(23)21-19-9-10-6-7-11(17)8-12(10)18/h2-9H,1H3,(H,20,22)(H,21,23)/b19-9-. The first-order chi connectivity index (χ1) is 11.5. The van der Waals surface area contributed by atoms with Gasteiger partial charge in [-0.05, 0) is 24.3 Å². The Hall–Kier alpha value is -2.57. The molecule has 2 N–H and O–H groups in total. The quantitative estimate of drug-likeness (QED) is 0.496. The van der Waals surface area contributed by atoms with Crippen molar-refractivity contribution < 1.29 is 14.3 Å². The van der Waals surface area contributed by atoms with E-state index in [0.29, 0.717) is 27.0 Å². The summed E-state index contributed by atoms with van der Waals surface area (Å²) >= 11 is 11.7. The molecule has 0 radical (unpaired) electrons. The number of anilines is 1. The summed E-state index contributed by atoms with van der Waals surface area (Å²) in [5, 5.41) is 6.99. The van der Waals surface area contributed by atoms with Crippen molar-refractivity contribution in [2.24, 2.45) is 5.10 Å². The maximum Gasteiger partial charge on any atom is 0.329 e. The fourth-order valence-corrected chi connectivity index (χ4v) is 2.20. The summed E-state index contributed by atoms with van der Waals surface area (Å²) in [7, 11) is 1.46. The van der Waals surface area contributed by atoms with E-state index in [0.717, 1.165) is 0 Å². The van der Waals surface area contributed by atoms with Gasteiger partial charge in [-0.2, -0.15) is 5.10 Å². The highest BCUT2D eigenvalue weighted by atomic mass is 35.5. The van der Waals surface area contributed by atoms with Crippen molar-refractivity contribution in [2.45, 2.75) is 0 Å². The first-order valence-corrected chi connectivity index (χ1v) is 7.49. The molecule has 2 aromatic rings. The largest absolute Gasteiger partial charge is 0.495 e. The van der Waals surface area contributed by atoms with E-state index in [2.05, 4.69) is 15.8 Å². The fourth-order valence-electron chi connectivity index (χ4n) is 1.74. The molecule has 2 amide bonds. The Labute approximate surface area is 148 Å². The lowest BCUT2D eigenvalue weighted by Gasteiger charge is -2.08. The second kappa shape index (κ2) is 8.33. The van der Waals surface area contributed by atoms with Crippen LogP contribution in [-0.2, 0) is 9.59 Å². The van der Waals surface area contributed by atoms with Crippen LogP contribution in [0.15, 0.2) is 47.6 Å². The lowest BCUT2D eigenvalue weighted by atomic mass is 10.2. The average Bonchev–Trinajstić information content (AvgIpc) is 2.57. The minimum absolute atomic E-state index is 0.374. The first-order valence-electron chi connectivity index (χ1n) is 6.73. The summed E-state index contributed by atoms with van der Waals surface area (Å²) in [5.74, 6) is -1.36. The zero-order valence-corrected chi connectivity index (χ0v) is 14.1. The minimum atomic E-state index is -0.928. The van der Waals surface area contributed by atoms with E-state index in [1.165, 1.54) is 13.3 Å². The zero-order chi connectivity index (χ0) is 17.5. The molecule has 0 aliphatic carbocycles. The molecule has 0 fully saturated rings. The van der Waals surface area contributed by atoms with Gasteiger partial charge in [0, 0.05) is 10.6 Å². The van der Waals surface area contributed by atoms with Gasteiger partial charge in [-0.15, -0.1) is 0 Å². The van der Waals surface area contributed by atoms with Crippen molar-refractivity contribution in [3.63, 3.8) is 0 Å². The Morgan fingerprint density at radius 3 is 2.58 bits per heavy atom. The third-order valence-corrected chi connectivity index (χ3v) is 3.46. The Morgan fingerprint density at radius 1 is 1.12 bits per heavy atom. The van der Waals surface area contributed by atoms with E-state index in [-0.39, 0.29) is 0 Å². The number of para-hydroxylation sites is 2. The highest BCUT2D eigenvalue weighted by Crippen LogP contribution is 2.22. The van der Waals surface area contributed by atoms with Gasteiger partial charge in [0.25, 0.3) is 0 Å². The number of nitrogens with one attached hydrogen (secondary N) is 2. The van der Waals surface area contributed by atoms with Crippen LogP contribution in [0, 0.1) is 0 Å². The minimum Gasteiger partial charge on any atom is -0.495 e. The van der Waals surface area contributed by atoms with Gasteiger partial charge in [0.2, 0.25) is 0 Å². The normalized spacial score (nSPS) is 10.5. The zero-order valence-electron chi connectivity index (χ0n) is 12.5. The van der Waals surface area contributed by atoms with Gasteiger partial charge in [0.1, 0.15) is 5.75 Å². The van der Waals surface area contributed by atoms with Gasteiger partial charge in [0.15, 0.2) is 0 Å². The van der Waals surface area contributed by atoms with E-state index in [4.69, 9.17) is 27.9 Å². The number of rotatable bonds is 4. The van der Waals surface area contributed by atoms with E-state index in [9.17, 15) is 9.59 Å². The summed E-state index contributed by atoms with van der Waals surface area (Å²) < 4.78 is 5.09. The summed E-state index contributed by atoms with van der Waals surface area (Å²) in [4.78, 5) is 23.6. The Morgan fingerprint density at radius 2 is 1.88 bits per heavy atom. The molecule has 0 saturated carbocycles. The van der Waals surface area contributed by atoms with Gasteiger partial charge in [-0.25, -0.2) is 5.43 Å². The van der Waals surface area contributed by atoms with E-state index < -0.39 is 11.8 Å². The number of amides is 2. The monoisotopic (exact) mass is 365 g/mol. The number of nitrogens with zero attached hydrogens (tertiary/aromatic N) is 1. The molecule has 0 spiro atoms. The smallest absolute Gasteiger partial charge is 0.329 e. The highest BCUT2D eigenvalue weighted by Gasteiger charge is 2.14. The van der Waals surface area contributed by atoms with Crippen molar-refractivity contribution in [2.75, 3.05) is 12.4 Å². The van der Waals surface area contributed by atoms with Crippen LogP contribution >= 0.6 is 23.2 Å². The topological polar surface area (TPSA) is 79.8 Å². The molecular weight excluding hydrogens is 353 g/mol. The van der Waals surface area contributed by atoms with E-state index in [1.807, 2.05) is 0 Å². The van der Waals surface area contributed by atoms with Crippen LogP contribution in [0.4, 0.5) is 5.69 Å². The molecule has 0 saturated heterocycles. The maximum atomic E-state index is 11.8. The number of methoxy groups -OCH3 is 1. The van der Waals surface area contributed by atoms with Crippen molar-refractivity contribution >= 4 is 46.9 Å². The molecule has 124 valence electrons. The number of ether oxygens (including phenoxy) is 1. The van der Waals surface area contributed by atoms with Gasteiger partial charge in [0.05, 0.1) is 24.0 Å². The first kappa shape index (κ1) is 17.8.